The fraction of sp³-hybridized carbons (Fsp3) is 0.724. The normalized spacial score (nSPS) is 14.2. The first-order valence-corrected chi connectivity index (χ1v) is 43.0. The zero-order valence-corrected chi connectivity index (χ0v) is 73.4. The number of nitrogens with zero attached hydrogens (tertiary/aromatic N) is 3. The van der Waals surface area contributed by atoms with Gasteiger partial charge in [0.05, 0.1) is 25.6 Å². The maximum Gasteiger partial charge on any atom is 0.326 e. The van der Waals surface area contributed by atoms with Crippen LogP contribution in [0.1, 0.15) is 193 Å². The molecule has 15 amide bonds. The van der Waals surface area contributed by atoms with Gasteiger partial charge in [-0.3, -0.25) is 96.5 Å². The Morgan fingerprint density at radius 2 is 0.504 bits per heavy atom. The highest BCUT2D eigenvalue weighted by atomic mass is 16.4. The molecule has 0 bridgehead atoms. The second-order valence-electron chi connectivity index (χ2n) is 30.5. The van der Waals surface area contributed by atoms with E-state index in [-0.39, 0.29) is 212 Å². The van der Waals surface area contributed by atoms with Gasteiger partial charge in [-0.15, -0.1) is 0 Å². The number of nitrogens with one attached hydrogen (secondary N) is 14. The molecule has 14 unspecified atom stereocenters. The number of hydrogen-bond donors (Lipinski definition) is 32. The van der Waals surface area contributed by atoms with E-state index in [4.69, 9.17) is 80.3 Å². The van der Waals surface area contributed by atoms with Crippen LogP contribution in [0, 0.1) is 0 Å². The predicted molar refractivity (Wildman–Crippen MR) is 471 cm³/mol. The second-order valence-corrected chi connectivity index (χ2v) is 30.5. The number of carbonyl (C=O) groups is 18. The number of amides is 15. The quantitative estimate of drug-likeness (QED) is 0.0153. The Balaban J connectivity index is 7.48. The lowest BCUT2D eigenvalue weighted by Gasteiger charge is -2.28. The fourth-order valence-corrected chi connectivity index (χ4v) is 12.4. The molecule has 0 aliphatic rings. The summed E-state index contributed by atoms with van der Waals surface area (Å²) in [6, 6.07) is -21.9. The average molecular weight is 1840 g/mol. The smallest absolute Gasteiger partial charge is 0.326 e. The van der Waals surface area contributed by atoms with Crippen LogP contribution in [0.15, 0.2) is 15.0 Å². The van der Waals surface area contributed by atoms with E-state index >= 15 is 0 Å². The van der Waals surface area contributed by atoms with Crippen molar-refractivity contribution in [2.45, 2.75) is 278 Å². The maximum atomic E-state index is 14.8. The molecule has 0 fully saturated rings. The molecule has 734 valence electrons. The van der Waals surface area contributed by atoms with Gasteiger partial charge in [-0.2, -0.15) is 0 Å². The largest absolute Gasteiger partial charge is 0.481 e. The van der Waals surface area contributed by atoms with Gasteiger partial charge in [0.2, 0.25) is 88.6 Å². The summed E-state index contributed by atoms with van der Waals surface area (Å²) in [4.78, 5) is 257. The highest BCUT2D eigenvalue weighted by molar-refractivity contribution is 6.01. The van der Waals surface area contributed by atoms with Crippen molar-refractivity contribution < 1.29 is 107 Å². The van der Waals surface area contributed by atoms with Gasteiger partial charge in [-0.25, -0.2) is 4.79 Å². The van der Waals surface area contributed by atoms with E-state index in [0.29, 0.717) is 32.1 Å². The zero-order valence-electron chi connectivity index (χ0n) is 73.4. The number of guanidine groups is 3. The van der Waals surface area contributed by atoms with Crippen LogP contribution in [0.5, 0.6) is 0 Å². The van der Waals surface area contributed by atoms with E-state index in [2.05, 4.69) is 89.4 Å². The second kappa shape index (κ2) is 68.1. The Morgan fingerprint density at radius 1 is 0.271 bits per heavy atom. The number of rotatable bonds is 74. The number of carboxylic acids is 3. The molecular weight excluding hydrogens is 1700 g/mol. The number of aliphatic hydroxyl groups is 1. The first kappa shape index (κ1) is 117. The van der Waals surface area contributed by atoms with Gasteiger partial charge >= 0.3 is 17.9 Å². The minimum absolute atomic E-state index is 0.0152. The SMILES string of the molecule is CC(N)C(=O)NC(CCC(N)=O)C(=O)NC(CCCCN)C(=O)NC(CCCCN)C(=O)NC(CC(=O)O)C(=O)NCC(=O)NC(CCCCN)C(=O)NC(CCCCN)C(=O)NC(CCCN=C(N)N)C(=O)NC(CCCCN)C(=O)NC(CCCN=C(N)N)C(=O)NC(CO)C(=O)NC(CCCN=C(N)N)C(=O)NC(CCCCN)C(=O)NC(CCC(=O)O)C(=O)O. The summed E-state index contributed by atoms with van der Waals surface area (Å²) in [6.45, 7) is -0.307. The summed E-state index contributed by atoms with van der Waals surface area (Å²) >= 11 is 0. The van der Waals surface area contributed by atoms with Crippen LogP contribution >= 0.6 is 0 Å². The molecule has 0 aromatic rings. The maximum absolute atomic E-state index is 14.8. The van der Waals surface area contributed by atoms with Crippen LogP contribution in [-0.2, 0) is 86.3 Å². The minimum atomic E-state index is -1.93. The average Bonchev–Trinajstić information content (AvgIpc) is 0.856. The summed E-state index contributed by atoms with van der Waals surface area (Å²) in [5.74, 6) is -20.7. The van der Waals surface area contributed by atoms with Gasteiger partial charge in [-0.05, 0) is 213 Å². The Morgan fingerprint density at radius 3 is 0.744 bits per heavy atom. The molecule has 129 heavy (non-hydrogen) atoms. The van der Waals surface area contributed by atoms with Crippen molar-refractivity contribution in [1.29, 1.82) is 0 Å². The van der Waals surface area contributed by atoms with Crippen LogP contribution in [-0.4, -0.2) is 301 Å². The number of unbranched alkanes of at least 4 members (excludes halogenated alkanes) is 6. The monoisotopic (exact) mass is 1840 g/mol. The molecule has 0 aliphatic heterocycles. The topological polar surface area (TPSA) is 958 Å². The van der Waals surface area contributed by atoms with Crippen LogP contribution < -0.4 is 155 Å². The van der Waals surface area contributed by atoms with Crippen LogP contribution in [0.3, 0.4) is 0 Å². The molecule has 0 aliphatic carbocycles. The number of hydrogen-bond acceptors (Lipinski definition) is 29. The third-order valence-electron chi connectivity index (χ3n) is 19.5. The van der Waals surface area contributed by atoms with Crippen molar-refractivity contribution in [3.05, 3.63) is 0 Å². The number of aliphatic carboxylic acids is 3. The molecule has 53 nitrogen and oxygen atoms in total. The molecule has 0 heterocycles. The fourth-order valence-electron chi connectivity index (χ4n) is 12.4. The van der Waals surface area contributed by atoms with Crippen molar-refractivity contribution in [2.24, 2.45) is 95.2 Å². The Bertz CT molecular complexity index is 3650. The molecule has 0 aromatic heterocycles. The molecule has 14 atom stereocenters. The zero-order chi connectivity index (χ0) is 97.5. The van der Waals surface area contributed by atoms with Crippen LogP contribution in [0.25, 0.3) is 0 Å². The standard InChI is InChI=1S/C76H143N31O22/c1-42(83)60(115)96-52(26-28-56(84)109)71(126)101-46(20-5-11-33-80)63(118)100-48(22-7-13-35-82)69(124)106-54(39-59(113)114)61(116)94-40-57(110)95-43(17-2-8-30-77)62(117)97-44(18-3-9-31-78)64(119)102-49(23-14-36-91-74(85)86)66(121)98-45(19-4-10-32-79)65(120)103-51(25-16-38-93-76(89)90)70(125)107-55(41-108)72(127)104-50(24-15-37-92-75(87)88)67(122)99-47(21-6-12-34-81)68(123)105-53(73(128)129)27-29-58(111)112/h42-55,108H,2-41,77-83H2,1H3,(H2,84,109)(H,94,116)(H,95,110)(H,96,115)(H,97,117)(H,98,121)(H,99,122)(H,100,118)(H,101,126)(H,102,119)(H,103,120)(H,104,127)(H,105,123)(H,106,124)(H,107,125)(H,111,112)(H,113,114)(H,128,129)(H4,85,86,91)(H4,87,88,92)(H4,89,90,93). The number of aliphatic hydroxyl groups excluding tert-OH is 1. The third-order valence-corrected chi connectivity index (χ3v) is 19.5. The molecule has 0 spiro atoms. The lowest BCUT2D eigenvalue weighted by Crippen LogP contribution is -2.61. The third kappa shape index (κ3) is 53.4. The van der Waals surface area contributed by atoms with E-state index < -0.39 is 224 Å². The summed E-state index contributed by atoms with van der Waals surface area (Å²) in [5.41, 5.74) is 79.0. The number of carboxylic acid groups (broad SMARTS) is 3. The van der Waals surface area contributed by atoms with E-state index in [9.17, 15) is 107 Å². The number of aliphatic imine (C=N–C) groups is 3. The van der Waals surface area contributed by atoms with Gasteiger partial charge in [0.1, 0.15) is 78.5 Å². The molecule has 0 radical (unpaired) electrons. The van der Waals surface area contributed by atoms with Gasteiger partial charge in [0.15, 0.2) is 17.9 Å². The first-order chi connectivity index (χ1) is 61.1. The Kier molecular flexibility index (Phi) is 61.8. The first-order valence-electron chi connectivity index (χ1n) is 43.0. The summed E-state index contributed by atoms with van der Waals surface area (Å²) < 4.78 is 0. The minimum Gasteiger partial charge on any atom is -0.481 e. The Labute approximate surface area is 747 Å². The molecular formula is C76H143N31O22. The molecule has 0 aromatic carbocycles. The highest BCUT2D eigenvalue weighted by Gasteiger charge is 2.38. The summed E-state index contributed by atoms with van der Waals surface area (Å²) in [5, 5.41) is 74.1. The lowest BCUT2D eigenvalue weighted by molar-refractivity contribution is -0.144. The van der Waals surface area contributed by atoms with Gasteiger partial charge in [-0.1, -0.05) is 0 Å². The predicted octanol–water partition coefficient (Wildman–Crippen LogP) is -12.6. The summed E-state index contributed by atoms with van der Waals surface area (Å²) in [6.07, 6.45) is -1.50. The van der Waals surface area contributed by atoms with E-state index in [1.54, 1.807) is 0 Å². The molecule has 0 saturated heterocycles. The van der Waals surface area contributed by atoms with Crippen molar-refractivity contribution in [1.82, 2.24) is 74.4 Å². The highest BCUT2D eigenvalue weighted by Crippen LogP contribution is 2.15. The lowest BCUT2D eigenvalue weighted by atomic mass is 10.0. The summed E-state index contributed by atoms with van der Waals surface area (Å²) in [7, 11) is 0. The van der Waals surface area contributed by atoms with Crippen LogP contribution in [0.4, 0.5) is 0 Å². The van der Waals surface area contributed by atoms with E-state index in [0.717, 1.165) is 0 Å². The van der Waals surface area contributed by atoms with Crippen molar-refractivity contribution in [2.75, 3.05) is 72.1 Å². The number of primary amides is 1. The van der Waals surface area contributed by atoms with E-state index in [1.165, 1.54) is 6.92 Å². The Hall–Kier alpha value is -12.0. The van der Waals surface area contributed by atoms with E-state index in [1.807, 2.05) is 0 Å². The van der Waals surface area contributed by atoms with Gasteiger partial charge in [0, 0.05) is 32.5 Å². The number of carbonyl (C=O) groups excluding carboxylic acids is 15. The van der Waals surface area contributed by atoms with Gasteiger partial charge in [0.25, 0.3) is 0 Å². The molecule has 0 rings (SSSR count). The molecule has 46 N–H and O–H groups in total. The molecule has 53 heteroatoms. The van der Waals surface area contributed by atoms with Crippen molar-refractivity contribution >= 4 is 124 Å². The number of nitrogens with two attached hydrogens (primary N) is 14. The van der Waals surface area contributed by atoms with Crippen LogP contribution in [0.2, 0.25) is 0 Å². The molecule has 0 saturated carbocycles. The van der Waals surface area contributed by atoms with Crippen molar-refractivity contribution in [3.63, 3.8) is 0 Å². The van der Waals surface area contributed by atoms with Crippen molar-refractivity contribution in [3.8, 4) is 0 Å². The van der Waals surface area contributed by atoms with Gasteiger partial charge < -0.3 is 175 Å².